The van der Waals surface area contributed by atoms with Crippen LogP contribution in [0.25, 0.3) is 111 Å². The summed E-state index contributed by atoms with van der Waals surface area (Å²) >= 11 is 0. The minimum Gasteiger partial charge on any atom is -0.309 e. The van der Waals surface area contributed by atoms with Gasteiger partial charge in [0.25, 0.3) is 0 Å². The average Bonchev–Trinajstić information content (AvgIpc) is 3.86. The van der Waals surface area contributed by atoms with E-state index in [1.165, 1.54) is 43.5 Å². The van der Waals surface area contributed by atoms with Crippen LogP contribution < -0.4 is 0 Å². The number of para-hydroxylation sites is 4. The van der Waals surface area contributed by atoms with Crippen LogP contribution in [0, 0.1) is 6.92 Å². The summed E-state index contributed by atoms with van der Waals surface area (Å²) in [5.41, 5.74) is 15.1. The molecule has 4 heteroatoms. The summed E-state index contributed by atoms with van der Waals surface area (Å²) in [5, 5.41) is 8.20. The Bertz CT molecular complexity index is 3810. The van der Waals surface area contributed by atoms with Crippen molar-refractivity contribution in [2.45, 2.75) is 6.92 Å². The first-order valence-electron chi connectivity index (χ1n) is 21.4. The molecule has 0 saturated carbocycles. The maximum atomic E-state index is 5.53. The molecule has 0 fully saturated rings. The topological polar surface area (TPSA) is 35.6 Å². The normalized spacial score (nSPS) is 11.9. The fourth-order valence-corrected chi connectivity index (χ4v) is 9.57. The molecule has 3 heterocycles. The number of fused-ring (bicyclic) bond motifs is 9. The van der Waals surface area contributed by atoms with E-state index in [4.69, 9.17) is 9.97 Å². The fourth-order valence-electron chi connectivity index (χ4n) is 9.57. The first kappa shape index (κ1) is 36.5. The summed E-state index contributed by atoms with van der Waals surface area (Å²) in [5.74, 6) is 0.630. The lowest BCUT2D eigenvalue weighted by Gasteiger charge is -2.14. The van der Waals surface area contributed by atoms with Crippen LogP contribution in [0.15, 0.2) is 213 Å². The molecule has 0 aliphatic rings. The molecule has 0 bridgehead atoms. The maximum absolute atomic E-state index is 5.53. The second-order valence-electron chi connectivity index (χ2n) is 16.3. The van der Waals surface area contributed by atoms with E-state index in [0.717, 1.165) is 72.1 Å². The Kier molecular flexibility index (Phi) is 8.51. The maximum Gasteiger partial charge on any atom is 0.235 e. The zero-order valence-electron chi connectivity index (χ0n) is 34.7. The number of benzene rings is 9. The lowest BCUT2D eigenvalue weighted by Crippen LogP contribution is -2.03. The van der Waals surface area contributed by atoms with E-state index < -0.39 is 0 Å². The molecule has 4 nitrogen and oxygen atoms in total. The van der Waals surface area contributed by atoms with Gasteiger partial charge in [-0.15, -0.1) is 0 Å². The molecule has 0 aliphatic heterocycles. The van der Waals surface area contributed by atoms with Gasteiger partial charge in [0.05, 0.1) is 33.3 Å². The van der Waals surface area contributed by atoms with Gasteiger partial charge in [0.2, 0.25) is 5.95 Å². The zero-order valence-corrected chi connectivity index (χ0v) is 34.7. The quantitative estimate of drug-likeness (QED) is 0.150. The molecule has 0 radical (unpaired) electrons. The van der Waals surface area contributed by atoms with Crippen LogP contribution >= 0.6 is 0 Å². The number of allylic oxidation sites excluding steroid dienone is 2. The van der Waals surface area contributed by atoms with Crippen molar-refractivity contribution in [1.29, 1.82) is 0 Å². The molecule has 9 aromatic carbocycles. The Morgan fingerprint density at radius 1 is 0.476 bits per heavy atom. The molecule has 3 aromatic heterocycles. The fraction of sp³-hybridized carbons (Fsp3) is 0.0169. The van der Waals surface area contributed by atoms with Gasteiger partial charge in [-0.2, -0.15) is 0 Å². The monoisotopic (exact) mass is 804 g/mol. The van der Waals surface area contributed by atoms with E-state index in [-0.39, 0.29) is 0 Å². The van der Waals surface area contributed by atoms with Gasteiger partial charge in [0, 0.05) is 38.2 Å². The molecule has 296 valence electrons. The van der Waals surface area contributed by atoms with Gasteiger partial charge < -0.3 is 4.57 Å². The van der Waals surface area contributed by atoms with Crippen LogP contribution in [-0.2, 0) is 0 Å². The summed E-state index contributed by atoms with van der Waals surface area (Å²) in [6.45, 7) is 6.50. The van der Waals surface area contributed by atoms with Crippen LogP contribution in [-0.4, -0.2) is 19.1 Å². The van der Waals surface area contributed by atoms with Crippen molar-refractivity contribution in [3.05, 3.63) is 230 Å². The standard InChI is InChI=1S/C59H40N4/c1-38(40-17-5-3-6-18-40)29-31-41-35-43(32-30-39(41)2)58-49-24-11-14-26-52(49)60-59(61-58)63-54-28-16-13-25-50(54)57-48-23-10-9-21-45(48)51(37-56(57)63)42-33-34-47-46-22-12-15-27-53(46)62(55(47)36-42)44-19-7-4-8-20-44/h3-37H,1H2,2H3/b31-29-. The van der Waals surface area contributed by atoms with Crippen LogP contribution in [0.5, 0.6) is 0 Å². The molecule has 0 atom stereocenters. The van der Waals surface area contributed by atoms with Gasteiger partial charge in [-0.1, -0.05) is 170 Å². The van der Waals surface area contributed by atoms with Crippen LogP contribution in [0.2, 0.25) is 0 Å². The predicted molar refractivity (Wildman–Crippen MR) is 266 cm³/mol. The molecule has 0 aliphatic carbocycles. The molecule has 0 saturated heterocycles. The second kappa shape index (κ2) is 14.7. The van der Waals surface area contributed by atoms with Gasteiger partial charge in [-0.3, -0.25) is 4.57 Å². The predicted octanol–water partition coefficient (Wildman–Crippen LogP) is 15.3. The smallest absolute Gasteiger partial charge is 0.235 e. The summed E-state index contributed by atoms with van der Waals surface area (Å²) < 4.78 is 4.66. The highest BCUT2D eigenvalue weighted by Crippen LogP contribution is 2.43. The van der Waals surface area contributed by atoms with Crippen molar-refractivity contribution >= 4 is 76.9 Å². The van der Waals surface area contributed by atoms with Crippen molar-refractivity contribution < 1.29 is 0 Å². The molecule has 0 spiro atoms. The number of aryl methyl sites for hydroxylation is 1. The largest absolute Gasteiger partial charge is 0.309 e. The van der Waals surface area contributed by atoms with Crippen molar-refractivity contribution in [1.82, 2.24) is 19.1 Å². The lowest BCUT2D eigenvalue weighted by atomic mass is 9.94. The van der Waals surface area contributed by atoms with Gasteiger partial charge >= 0.3 is 0 Å². The molecular formula is C59H40N4. The highest BCUT2D eigenvalue weighted by molar-refractivity contribution is 6.24. The zero-order chi connectivity index (χ0) is 42.0. The van der Waals surface area contributed by atoms with E-state index >= 15 is 0 Å². The number of aromatic nitrogens is 4. The Morgan fingerprint density at radius 3 is 1.89 bits per heavy atom. The highest BCUT2D eigenvalue weighted by atomic mass is 15.2. The Hall–Kier alpha value is -8.34. The molecule has 0 unspecified atom stereocenters. The van der Waals surface area contributed by atoms with Gasteiger partial charge in [-0.25, -0.2) is 9.97 Å². The summed E-state index contributed by atoms with van der Waals surface area (Å²) in [6, 6.07) is 71.4. The van der Waals surface area contributed by atoms with Crippen molar-refractivity contribution in [2.24, 2.45) is 0 Å². The number of nitrogens with zero attached hydrogens (tertiary/aromatic N) is 4. The van der Waals surface area contributed by atoms with Gasteiger partial charge in [0.1, 0.15) is 0 Å². The summed E-state index contributed by atoms with van der Waals surface area (Å²) in [4.78, 5) is 10.9. The molecule has 12 rings (SSSR count). The number of hydrogen-bond acceptors (Lipinski definition) is 2. The summed E-state index contributed by atoms with van der Waals surface area (Å²) in [6.07, 6.45) is 4.26. The summed E-state index contributed by atoms with van der Waals surface area (Å²) in [7, 11) is 0. The van der Waals surface area contributed by atoms with Gasteiger partial charge in [0.15, 0.2) is 0 Å². The first-order valence-corrected chi connectivity index (χ1v) is 21.4. The molecule has 0 N–H and O–H groups in total. The van der Waals surface area contributed by atoms with E-state index in [1.54, 1.807) is 0 Å². The van der Waals surface area contributed by atoms with E-state index in [0.29, 0.717) is 5.95 Å². The molecule has 12 aromatic rings. The molecule has 63 heavy (non-hydrogen) atoms. The third kappa shape index (κ3) is 5.99. The first-order chi connectivity index (χ1) is 31.1. The van der Waals surface area contributed by atoms with E-state index in [9.17, 15) is 0 Å². The van der Waals surface area contributed by atoms with E-state index in [2.05, 4.69) is 217 Å². The average molecular weight is 805 g/mol. The molecule has 0 amide bonds. The van der Waals surface area contributed by atoms with Crippen LogP contribution in [0.4, 0.5) is 0 Å². The Balaban J connectivity index is 1.09. The second-order valence-corrected chi connectivity index (χ2v) is 16.3. The molecular weight excluding hydrogens is 765 g/mol. The van der Waals surface area contributed by atoms with E-state index in [1.807, 2.05) is 18.2 Å². The van der Waals surface area contributed by atoms with Crippen molar-refractivity contribution in [3.63, 3.8) is 0 Å². The van der Waals surface area contributed by atoms with Gasteiger partial charge in [-0.05, 0) is 99.6 Å². The SMILES string of the molecule is C=C(/C=C\c1cc(-c2nc(-n3c4ccccc4c4c5ccccc5c(-c5ccc6c7ccccc7n(-c7ccccc7)c6c5)cc43)nc3ccccc23)ccc1C)c1ccccc1. The van der Waals surface area contributed by atoms with Crippen molar-refractivity contribution in [2.75, 3.05) is 0 Å². The van der Waals surface area contributed by atoms with Crippen molar-refractivity contribution in [3.8, 4) is 34.0 Å². The lowest BCUT2D eigenvalue weighted by molar-refractivity contribution is 1.01. The van der Waals surface area contributed by atoms with Crippen LogP contribution in [0.1, 0.15) is 16.7 Å². The van der Waals surface area contributed by atoms with Crippen LogP contribution in [0.3, 0.4) is 0 Å². The Morgan fingerprint density at radius 2 is 1.10 bits per heavy atom. The Labute approximate surface area is 365 Å². The minimum absolute atomic E-state index is 0.630. The highest BCUT2D eigenvalue weighted by Gasteiger charge is 2.22. The minimum atomic E-state index is 0.630. The number of hydrogen-bond donors (Lipinski definition) is 0. The number of rotatable bonds is 7. The third-order valence-corrected chi connectivity index (χ3v) is 12.6. The third-order valence-electron chi connectivity index (χ3n) is 12.6.